The summed E-state index contributed by atoms with van der Waals surface area (Å²) in [5.41, 5.74) is 0. The number of ether oxygens (including phenoxy) is 1. The SMILES string of the molecule is C=CC/C(=C\C=C(/C)O)OC(=O)C1CCC(C)CC1. The number of aliphatic hydroxyl groups is 1. The first kappa shape index (κ1) is 15.5. The van der Waals surface area contributed by atoms with Crippen LogP contribution in [0.4, 0.5) is 0 Å². The van der Waals surface area contributed by atoms with Crippen molar-refractivity contribution in [3.63, 3.8) is 0 Å². The Hall–Kier alpha value is -1.51. The van der Waals surface area contributed by atoms with Crippen LogP contribution in [0.15, 0.2) is 36.3 Å². The average molecular weight is 264 g/mol. The van der Waals surface area contributed by atoms with Gasteiger partial charge in [-0.1, -0.05) is 13.0 Å². The maximum atomic E-state index is 12.1. The Balaban J connectivity index is 2.58. The minimum absolute atomic E-state index is 0.0172. The standard InChI is InChI=1S/C16H24O3/c1-4-5-15(11-8-13(3)17)19-16(18)14-9-6-12(2)7-10-14/h4,8,11-12,14,17H,1,5-7,9-10H2,2-3H3/b13-8+,15-11+. The van der Waals surface area contributed by atoms with Gasteiger partial charge in [0.25, 0.3) is 0 Å². The Morgan fingerprint density at radius 1 is 1.32 bits per heavy atom. The number of carbonyl (C=O) groups excluding carboxylic acids is 1. The van der Waals surface area contributed by atoms with E-state index in [2.05, 4.69) is 13.5 Å². The van der Waals surface area contributed by atoms with Gasteiger partial charge in [-0.15, -0.1) is 6.58 Å². The zero-order valence-electron chi connectivity index (χ0n) is 11.9. The number of aliphatic hydroxyl groups excluding tert-OH is 1. The largest absolute Gasteiger partial charge is 0.513 e. The van der Waals surface area contributed by atoms with Crippen molar-refractivity contribution in [3.05, 3.63) is 36.3 Å². The van der Waals surface area contributed by atoms with Crippen molar-refractivity contribution in [1.29, 1.82) is 0 Å². The van der Waals surface area contributed by atoms with Gasteiger partial charge in [-0.25, -0.2) is 0 Å². The summed E-state index contributed by atoms with van der Waals surface area (Å²) >= 11 is 0. The Morgan fingerprint density at radius 3 is 2.47 bits per heavy atom. The van der Waals surface area contributed by atoms with Gasteiger partial charge >= 0.3 is 5.97 Å². The highest BCUT2D eigenvalue weighted by Crippen LogP contribution is 2.29. The first-order valence-electron chi connectivity index (χ1n) is 6.92. The summed E-state index contributed by atoms with van der Waals surface area (Å²) in [5, 5.41) is 9.13. The topological polar surface area (TPSA) is 46.5 Å². The molecular weight excluding hydrogens is 240 g/mol. The molecule has 0 aromatic rings. The van der Waals surface area contributed by atoms with E-state index < -0.39 is 0 Å². The third kappa shape index (κ3) is 5.77. The summed E-state index contributed by atoms with van der Waals surface area (Å²) in [4.78, 5) is 12.1. The summed E-state index contributed by atoms with van der Waals surface area (Å²) in [6, 6.07) is 0. The fourth-order valence-electron chi connectivity index (χ4n) is 2.21. The van der Waals surface area contributed by atoms with Crippen LogP contribution in [0.3, 0.4) is 0 Å². The van der Waals surface area contributed by atoms with Crippen molar-refractivity contribution >= 4 is 5.97 Å². The number of allylic oxidation sites excluding steroid dienone is 4. The van der Waals surface area contributed by atoms with Gasteiger partial charge in [-0.2, -0.15) is 0 Å². The number of rotatable bonds is 5. The van der Waals surface area contributed by atoms with E-state index in [9.17, 15) is 4.79 Å². The highest BCUT2D eigenvalue weighted by atomic mass is 16.5. The zero-order chi connectivity index (χ0) is 14.3. The molecule has 0 spiro atoms. The molecule has 0 saturated heterocycles. The molecule has 0 bridgehead atoms. The molecule has 1 saturated carbocycles. The zero-order valence-corrected chi connectivity index (χ0v) is 11.9. The number of hydrogen-bond acceptors (Lipinski definition) is 3. The molecule has 1 fully saturated rings. The molecule has 0 aromatic carbocycles. The van der Waals surface area contributed by atoms with Gasteiger partial charge in [0.15, 0.2) is 0 Å². The average Bonchev–Trinajstić information content (AvgIpc) is 2.37. The lowest BCUT2D eigenvalue weighted by Crippen LogP contribution is -2.22. The molecule has 0 aliphatic heterocycles. The molecule has 0 radical (unpaired) electrons. The summed E-state index contributed by atoms with van der Waals surface area (Å²) < 4.78 is 5.41. The van der Waals surface area contributed by atoms with Gasteiger partial charge in [0.2, 0.25) is 0 Å². The third-order valence-corrected chi connectivity index (χ3v) is 3.44. The lowest BCUT2D eigenvalue weighted by molar-refractivity contribution is -0.145. The first-order valence-corrected chi connectivity index (χ1v) is 6.92. The van der Waals surface area contributed by atoms with E-state index in [0.717, 1.165) is 25.7 Å². The van der Waals surface area contributed by atoms with E-state index in [-0.39, 0.29) is 17.6 Å². The molecule has 0 unspecified atom stereocenters. The summed E-state index contributed by atoms with van der Waals surface area (Å²) in [6.07, 6.45) is 9.33. The Morgan fingerprint density at radius 2 is 1.95 bits per heavy atom. The fraction of sp³-hybridized carbons (Fsp3) is 0.562. The molecule has 3 heteroatoms. The Labute approximate surface area is 115 Å². The maximum absolute atomic E-state index is 12.1. The van der Waals surface area contributed by atoms with Crippen molar-refractivity contribution in [1.82, 2.24) is 0 Å². The van der Waals surface area contributed by atoms with Crippen LogP contribution in [0.5, 0.6) is 0 Å². The first-order chi connectivity index (χ1) is 9.02. The minimum Gasteiger partial charge on any atom is -0.513 e. The van der Waals surface area contributed by atoms with Gasteiger partial charge < -0.3 is 9.84 Å². The minimum atomic E-state index is -0.149. The van der Waals surface area contributed by atoms with Crippen LogP contribution in [0, 0.1) is 11.8 Å². The number of hydrogen-bond donors (Lipinski definition) is 1. The van der Waals surface area contributed by atoms with Crippen molar-refractivity contribution in [3.8, 4) is 0 Å². The van der Waals surface area contributed by atoms with Gasteiger partial charge in [0.1, 0.15) is 5.76 Å². The van der Waals surface area contributed by atoms with Crippen LogP contribution in [-0.2, 0) is 9.53 Å². The second kappa shape index (κ2) is 7.82. The molecule has 0 heterocycles. The molecule has 3 nitrogen and oxygen atoms in total. The summed E-state index contributed by atoms with van der Waals surface area (Å²) in [6.45, 7) is 7.44. The van der Waals surface area contributed by atoms with E-state index in [1.807, 2.05) is 0 Å². The van der Waals surface area contributed by atoms with Gasteiger partial charge in [0.05, 0.1) is 11.7 Å². The molecule has 1 aliphatic carbocycles. The molecule has 19 heavy (non-hydrogen) atoms. The quantitative estimate of drug-likeness (QED) is 0.349. The van der Waals surface area contributed by atoms with Crippen molar-refractivity contribution < 1.29 is 14.6 Å². The molecule has 1 rings (SSSR count). The van der Waals surface area contributed by atoms with Crippen LogP contribution in [0.1, 0.15) is 46.0 Å². The second-order valence-electron chi connectivity index (χ2n) is 5.31. The molecule has 0 aromatic heterocycles. The second-order valence-corrected chi connectivity index (χ2v) is 5.31. The highest BCUT2D eigenvalue weighted by Gasteiger charge is 2.26. The van der Waals surface area contributed by atoms with E-state index in [1.165, 1.54) is 6.08 Å². The van der Waals surface area contributed by atoms with Crippen LogP contribution in [0.25, 0.3) is 0 Å². The summed E-state index contributed by atoms with van der Waals surface area (Å²) in [5.74, 6) is 1.30. The van der Waals surface area contributed by atoms with E-state index in [4.69, 9.17) is 9.84 Å². The van der Waals surface area contributed by atoms with Crippen LogP contribution < -0.4 is 0 Å². The van der Waals surface area contributed by atoms with Crippen LogP contribution >= 0.6 is 0 Å². The predicted octanol–water partition coefficient (Wildman–Crippen LogP) is 4.28. The third-order valence-electron chi connectivity index (χ3n) is 3.44. The van der Waals surface area contributed by atoms with Gasteiger partial charge in [-0.05, 0) is 50.7 Å². The molecule has 1 N–H and O–H groups in total. The number of carbonyl (C=O) groups is 1. The van der Waals surface area contributed by atoms with Gasteiger partial charge in [-0.3, -0.25) is 4.79 Å². The lowest BCUT2D eigenvalue weighted by atomic mass is 9.83. The predicted molar refractivity (Wildman–Crippen MR) is 76.5 cm³/mol. The van der Waals surface area contributed by atoms with Crippen LogP contribution in [0.2, 0.25) is 0 Å². The monoisotopic (exact) mass is 264 g/mol. The molecule has 1 aliphatic rings. The molecule has 106 valence electrons. The van der Waals surface area contributed by atoms with Crippen molar-refractivity contribution in [2.75, 3.05) is 0 Å². The van der Waals surface area contributed by atoms with Gasteiger partial charge in [0, 0.05) is 6.42 Å². The van der Waals surface area contributed by atoms with Crippen LogP contribution in [-0.4, -0.2) is 11.1 Å². The normalized spacial score (nSPS) is 24.9. The fourth-order valence-corrected chi connectivity index (χ4v) is 2.21. The molecule has 0 amide bonds. The molecular formula is C16H24O3. The van der Waals surface area contributed by atoms with Crippen molar-refractivity contribution in [2.24, 2.45) is 11.8 Å². The highest BCUT2D eigenvalue weighted by molar-refractivity contribution is 5.73. The maximum Gasteiger partial charge on any atom is 0.314 e. The van der Waals surface area contributed by atoms with E-state index in [1.54, 1.807) is 19.1 Å². The summed E-state index contributed by atoms with van der Waals surface area (Å²) in [7, 11) is 0. The number of esters is 1. The van der Waals surface area contributed by atoms with E-state index >= 15 is 0 Å². The lowest BCUT2D eigenvalue weighted by Gasteiger charge is -2.24. The Kier molecular flexibility index (Phi) is 6.40. The molecule has 0 atom stereocenters. The Bertz CT molecular complexity index is 367. The smallest absolute Gasteiger partial charge is 0.314 e. The van der Waals surface area contributed by atoms with Crippen molar-refractivity contribution in [2.45, 2.75) is 46.0 Å². The van der Waals surface area contributed by atoms with E-state index in [0.29, 0.717) is 18.1 Å².